The van der Waals surface area contributed by atoms with Gasteiger partial charge in [0.15, 0.2) is 6.54 Å². The molecule has 8 nitrogen and oxygen atoms in total. The molecule has 0 aliphatic carbocycles. The second-order valence-electron chi connectivity index (χ2n) is 7.48. The Hall–Kier alpha value is -2.97. The largest absolute Gasteiger partial charge is 0.383 e. The van der Waals surface area contributed by atoms with E-state index in [9.17, 15) is 14.9 Å². The first-order valence-electron chi connectivity index (χ1n) is 10.2. The van der Waals surface area contributed by atoms with Gasteiger partial charge >= 0.3 is 0 Å². The SMILES string of the molecule is COCCN(Cc1ccccc1)C(=O)C[NH+]1CCN(c2ccc([N+](=O)[O-])cc2)CC1. The molecule has 1 N–H and O–H groups in total. The number of piperazine rings is 1. The van der Waals surface area contributed by atoms with E-state index in [2.05, 4.69) is 4.90 Å². The Balaban J connectivity index is 1.52. The van der Waals surface area contributed by atoms with Crippen LogP contribution in [0.1, 0.15) is 5.56 Å². The topological polar surface area (TPSA) is 80.4 Å². The van der Waals surface area contributed by atoms with Crippen molar-refractivity contribution in [2.24, 2.45) is 0 Å². The van der Waals surface area contributed by atoms with Crippen LogP contribution in [-0.4, -0.2) is 68.7 Å². The monoisotopic (exact) mass is 413 g/mol. The fraction of sp³-hybridized carbons (Fsp3) is 0.409. The van der Waals surface area contributed by atoms with Crippen molar-refractivity contribution in [2.45, 2.75) is 6.54 Å². The molecule has 0 radical (unpaired) electrons. The van der Waals surface area contributed by atoms with Crippen molar-refractivity contribution in [3.05, 3.63) is 70.3 Å². The average Bonchev–Trinajstić information content (AvgIpc) is 2.78. The van der Waals surface area contributed by atoms with Gasteiger partial charge in [-0.05, 0) is 17.7 Å². The number of carbonyl (C=O) groups is 1. The first-order valence-corrected chi connectivity index (χ1v) is 10.2. The highest BCUT2D eigenvalue weighted by Crippen LogP contribution is 2.19. The summed E-state index contributed by atoms with van der Waals surface area (Å²) in [5, 5.41) is 10.8. The summed E-state index contributed by atoms with van der Waals surface area (Å²) in [6, 6.07) is 16.7. The van der Waals surface area contributed by atoms with Gasteiger partial charge in [0.1, 0.15) is 0 Å². The van der Waals surface area contributed by atoms with Crippen LogP contribution in [-0.2, 0) is 16.1 Å². The van der Waals surface area contributed by atoms with Crippen LogP contribution in [0.15, 0.2) is 54.6 Å². The molecule has 30 heavy (non-hydrogen) atoms. The van der Waals surface area contributed by atoms with Crippen LogP contribution in [0, 0.1) is 10.1 Å². The number of quaternary nitrogens is 1. The summed E-state index contributed by atoms with van der Waals surface area (Å²) in [5.74, 6) is 0.134. The molecule has 2 aromatic carbocycles. The molecule has 2 aromatic rings. The van der Waals surface area contributed by atoms with Crippen molar-refractivity contribution in [2.75, 3.05) is 57.9 Å². The molecule has 8 heteroatoms. The zero-order valence-electron chi connectivity index (χ0n) is 17.3. The van der Waals surface area contributed by atoms with Gasteiger partial charge in [0.05, 0.1) is 37.7 Å². The molecule has 0 atom stereocenters. The molecule has 1 fully saturated rings. The number of methoxy groups -OCH3 is 1. The van der Waals surface area contributed by atoms with Crippen LogP contribution in [0.5, 0.6) is 0 Å². The molecule has 1 heterocycles. The minimum absolute atomic E-state index is 0.100. The number of nitro benzene ring substituents is 1. The highest BCUT2D eigenvalue weighted by molar-refractivity contribution is 5.77. The van der Waals surface area contributed by atoms with Crippen molar-refractivity contribution in [1.82, 2.24) is 4.90 Å². The Morgan fingerprint density at radius 1 is 1.13 bits per heavy atom. The second kappa shape index (κ2) is 10.7. The Labute approximate surface area is 176 Å². The van der Waals surface area contributed by atoms with Gasteiger partial charge in [-0.25, -0.2) is 0 Å². The molecule has 1 amide bonds. The first kappa shape index (κ1) is 21.7. The average molecular weight is 413 g/mol. The number of anilines is 1. The van der Waals surface area contributed by atoms with Gasteiger partial charge in [0, 0.05) is 38.0 Å². The van der Waals surface area contributed by atoms with E-state index in [1.807, 2.05) is 35.2 Å². The van der Waals surface area contributed by atoms with Crippen molar-refractivity contribution >= 4 is 17.3 Å². The van der Waals surface area contributed by atoms with E-state index < -0.39 is 0 Å². The molecule has 3 rings (SSSR count). The molecular weight excluding hydrogens is 384 g/mol. The number of nitrogens with one attached hydrogen (secondary N) is 1. The summed E-state index contributed by atoms with van der Waals surface area (Å²) in [7, 11) is 1.65. The minimum atomic E-state index is -0.387. The highest BCUT2D eigenvalue weighted by atomic mass is 16.6. The van der Waals surface area contributed by atoms with E-state index in [-0.39, 0.29) is 16.5 Å². The van der Waals surface area contributed by atoms with Crippen LogP contribution in [0.4, 0.5) is 11.4 Å². The lowest BCUT2D eigenvalue weighted by Gasteiger charge is -2.34. The van der Waals surface area contributed by atoms with Crippen LogP contribution >= 0.6 is 0 Å². The van der Waals surface area contributed by atoms with Gasteiger partial charge in [0.2, 0.25) is 0 Å². The summed E-state index contributed by atoms with van der Waals surface area (Å²) in [6.07, 6.45) is 0. The normalized spacial score (nSPS) is 14.5. The number of nitro groups is 1. The Kier molecular flexibility index (Phi) is 7.75. The Bertz CT molecular complexity index is 821. The van der Waals surface area contributed by atoms with Gasteiger partial charge in [-0.1, -0.05) is 30.3 Å². The number of ether oxygens (including phenoxy) is 1. The minimum Gasteiger partial charge on any atom is -0.383 e. The van der Waals surface area contributed by atoms with E-state index in [0.717, 1.165) is 37.4 Å². The number of nitrogens with zero attached hydrogens (tertiary/aromatic N) is 3. The number of carbonyl (C=O) groups excluding carboxylic acids is 1. The van der Waals surface area contributed by atoms with E-state index in [1.165, 1.54) is 17.0 Å². The maximum Gasteiger partial charge on any atom is 0.278 e. The number of hydrogen-bond donors (Lipinski definition) is 1. The number of benzene rings is 2. The molecule has 1 aliphatic heterocycles. The predicted molar refractivity (Wildman–Crippen MR) is 115 cm³/mol. The number of amides is 1. The van der Waals surface area contributed by atoms with Crippen LogP contribution in [0.25, 0.3) is 0 Å². The third kappa shape index (κ3) is 6.01. The first-order chi connectivity index (χ1) is 14.6. The molecule has 0 unspecified atom stereocenters. The molecule has 0 spiro atoms. The van der Waals surface area contributed by atoms with Crippen LogP contribution in [0.2, 0.25) is 0 Å². The molecule has 0 bridgehead atoms. The summed E-state index contributed by atoms with van der Waals surface area (Å²) >= 11 is 0. The Morgan fingerprint density at radius 3 is 2.40 bits per heavy atom. The zero-order chi connectivity index (χ0) is 21.3. The van der Waals surface area contributed by atoms with Crippen molar-refractivity contribution in [3.63, 3.8) is 0 Å². The van der Waals surface area contributed by atoms with Crippen LogP contribution < -0.4 is 9.80 Å². The summed E-state index contributed by atoms with van der Waals surface area (Å²) in [4.78, 5) is 28.7. The van der Waals surface area contributed by atoms with Crippen molar-refractivity contribution in [1.29, 1.82) is 0 Å². The Morgan fingerprint density at radius 2 is 1.80 bits per heavy atom. The molecule has 0 aromatic heterocycles. The van der Waals surface area contributed by atoms with Gasteiger partial charge < -0.3 is 19.4 Å². The van der Waals surface area contributed by atoms with Crippen molar-refractivity contribution in [3.8, 4) is 0 Å². The number of rotatable bonds is 9. The lowest BCUT2D eigenvalue weighted by Crippen LogP contribution is -3.15. The third-order valence-corrected chi connectivity index (χ3v) is 5.43. The molecule has 1 aliphatic rings. The fourth-order valence-electron chi connectivity index (χ4n) is 3.67. The lowest BCUT2D eigenvalue weighted by molar-refractivity contribution is -0.892. The predicted octanol–water partition coefficient (Wildman–Crippen LogP) is 0.975. The maximum atomic E-state index is 12.9. The van der Waals surface area contributed by atoms with E-state index >= 15 is 0 Å². The summed E-state index contributed by atoms with van der Waals surface area (Å²) in [6.45, 7) is 5.48. The number of non-ortho nitro benzene ring substituents is 1. The quantitative estimate of drug-likeness (QED) is 0.490. The van der Waals surface area contributed by atoms with E-state index in [4.69, 9.17) is 4.74 Å². The summed E-state index contributed by atoms with van der Waals surface area (Å²) in [5.41, 5.74) is 2.19. The standard InChI is InChI=1S/C22H28N4O4/c1-30-16-15-25(17-19-5-3-2-4-6-19)22(27)18-23-11-13-24(14-12-23)20-7-9-21(10-8-20)26(28)29/h2-10H,11-18H2,1H3/p+1. The van der Waals surface area contributed by atoms with Gasteiger partial charge in [-0.15, -0.1) is 0 Å². The maximum absolute atomic E-state index is 12.9. The van der Waals surface area contributed by atoms with Crippen LogP contribution in [0.3, 0.4) is 0 Å². The van der Waals surface area contributed by atoms with Gasteiger partial charge in [0.25, 0.3) is 11.6 Å². The molecular formula is C22H29N4O4+. The van der Waals surface area contributed by atoms with Gasteiger partial charge in [-0.3, -0.25) is 14.9 Å². The van der Waals surface area contributed by atoms with Crippen molar-refractivity contribution < 1.29 is 19.4 Å². The molecule has 160 valence electrons. The zero-order valence-corrected chi connectivity index (χ0v) is 17.3. The summed E-state index contributed by atoms with van der Waals surface area (Å²) < 4.78 is 5.19. The molecule has 0 saturated carbocycles. The lowest BCUT2D eigenvalue weighted by atomic mass is 10.2. The third-order valence-electron chi connectivity index (χ3n) is 5.43. The fourth-order valence-corrected chi connectivity index (χ4v) is 3.67. The molecule has 1 saturated heterocycles. The van der Waals surface area contributed by atoms with E-state index in [1.54, 1.807) is 19.2 Å². The highest BCUT2D eigenvalue weighted by Gasteiger charge is 2.25. The van der Waals surface area contributed by atoms with E-state index in [0.29, 0.717) is 26.2 Å². The van der Waals surface area contributed by atoms with Gasteiger partial charge in [-0.2, -0.15) is 0 Å². The second-order valence-corrected chi connectivity index (χ2v) is 7.48. The number of hydrogen-bond acceptors (Lipinski definition) is 5. The smallest absolute Gasteiger partial charge is 0.278 e.